The molecular weight excluding hydrogens is 434 g/mol. The number of aliphatic hydroxyl groups is 1. The zero-order valence-corrected chi connectivity index (χ0v) is 18.3. The Balaban J connectivity index is 1.81. The average Bonchev–Trinajstić information content (AvgIpc) is 3.39. The molecule has 1 atom stereocenters. The average molecular weight is 454 g/mol. The number of carbonyl (C=O) groups excluding carboxylic acids is 2. The maximum Gasteiger partial charge on any atom is 0.300 e. The summed E-state index contributed by atoms with van der Waals surface area (Å²) in [5, 5.41) is 13.4. The lowest BCUT2D eigenvalue weighted by molar-refractivity contribution is -0.132. The summed E-state index contributed by atoms with van der Waals surface area (Å²) in [5.41, 5.74) is 0.986. The summed E-state index contributed by atoms with van der Waals surface area (Å²) in [6.45, 7) is 2.61. The highest BCUT2D eigenvalue weighted by Gasteiger charge is 2.47. The number of hydrogen-bond donors (Lipinski definition) is 1. The van der Waals surface area contributed by atoms with Crippen LogP contribution in [0.3, 0.4) is 0 Å². The van der Waals surface area contributed by atoms with Crippen molar-refractivity contribution in [1.82, 2.24) is 0 Å². The number of rotatable bonds is 6. The third kappa shape index (κ3) is 4.09. The minimum Gasteiger partial charge on any atom is -0.507 e. The zero-order chi connectivity index (χ0) is 22.0. The molecule has 0 saturated carbocycles. The highest BCUT2D eigenvalue weighted by atomic mass is 35.5. The summed E-state index contributed by atoms with van der Waals surface area (Å²) >= 11 is 7.54. The molecule has 0 radical (unpaired) electrons. The van der Waals surface area contributed by atoms with Crippen molar-refractivity contribution in [3.05, 3.63) is 87.1 Å². The first-order valence-corrected chi connectivity index (χ1v) is 11.1. The predicted octanol–water partition coefficient (Wildman–Crippen LogP) is 5.82. The number of halogens is 1. The van der Waals surface area contributed by atoms with Gasteiger partial charge in [-0.15, -0.1) is 11.3 Å². The highest BCUT2D eigenvalue weighted by Crippen LogP contribution is 2.44. The Morgan fingerprint density at radius 2 is 1.90 bits per heavy atom. The molecule has 1 aliphatic heterocycles. The van der Waals surface area contributed by atoms with Crippen molar-refractivity contribution in [1.29, 1.82) is 0 Å². The highest BCUT2D eigenvalue weighted by molar-refractivity contribution is 7.10. The summed E-state index contributed by atoms with van der Waals surface area (Å²) in [4.78, 5) is 28.2. The van der Waals surface area contributed by atoms with Crippen LogP contribution in [-0.4, -0.2) is 23.4 Å². The standard InChI is InChI=1S/C24H20ClNO4S/c1-2-12-30-18-10-8-15(9-11-18)22(27)20-21(19-7-4-13-31-19)26(24(29)23(20)28)17-6-3-5-16(25)14-17/h3-11,13-14,21,27H,2,12H2,1H3/b22-20-. The van der Waals surface area contributed by atoms with Crippen molar-refractivity contribution in [3.8, 4) is 5.75 Å². The molecule has 4 rings (SSSR count). The van der Waals surface area contributed by atoms with Crippen LogP contribution in [0.2, 0.25) is 5.02 Å². The largest absolute Gasteiger partial charge is 0.507 e. The van der Waals surface area contributed by atoms with E-state index in [4.69, 9.17) is 16.3 Å². The molecule has 1 unspecified atom stereocenters. The Labute approximate surface area is 189 Å². The van der Waals surface area contributed by atoms with Gasteiger partial charge >= 0.3 is 0 Å². The summed E-state index contributed by atoms with van der Waals surface area (Å²) in [6, 6.07) is 16.5. The number of nitrogens with zero attached hydrogens (tertiary/aromatic N) is 1. The normalized spacial score (nSPS) is 17.9. The third-order valence-electron chi connectivity index (χ3n) is 4.94. The van der Waals surface area contributed by atoms with Gasteiger partial charge in [-0.05, 0) is 60.3 Å². The lowest BCUT2D eigenvalue weighted by atomic mass is 9.99. The Morgan fingerprint density at radius 1 is 1.13 bits per heavy atom. The number of ether oxygens (including phenoxy) is 1. The van der Waals surface area contributed by atoms with Gasteiger partial charge in [-0.2, -0.15) is 0 Å². The number of thiophene rings is 1. The van der Waals surface area contributed by atoms with Crippen molar-refractivity contribution in [2.24, 2.45) is 0 Å². The van der Waals surface area contributed by atoms with Crippen LogP contribution in [0.5, 0.6) is 5.75 Å². The van der Waals surface area contributed by atoms with Gasteiger partial charge in [0, 0.05) is 21.2 Å². The number of carbonyl (C=O) groups is 2. The van der Waals surface area contributed by atoms with Crippen molar-refractivity contribution < 1.29 is 19.4 Å². The van der Waals surface area contributed by atoms with E-state index >= 15 is 0 Å². The van der Waals surface area contributed by atoms with Gasteiger partial charge < -0.3 is 9.84 Å². The molecule has 7 heteroatoms. The SMILES string of the molecule is CCCOc1ccc(/C(O)=C2/C(=O)C(=O)N(c3cccc(Cl)c3)C2c2cccs2)cc1. The monoisotopic (exact) mass is 453 g/mol. The number of Topliss-reactive ketones (excluding diaryl/α,β-unsaturated/α-hetero) is 1. The lowest BCUT2D eigenvalue weighted by Gasteiger charge is -2.24. The molecule has 1 fully saturated rings. The van der Waals surface area contributed by atoms with E-state index in [-0.39, 0.29) is 11.3 Å². The van der Waals surface area contributed by atoms with E-state index in [0.29, 0.717) is 28.6 Å². The van der Waals surface area contributed by atoms with Gasteiger partial charge in [-0.25, -0.2) is 0 Å². The molecule has 1 saturated heterocycles. The van der Waals surface area contributed by atoms with E-state index in [1.807, 2.05) is 24.4 Å². The van der Waals surface area contributed by atoms with Gasteiger partial charge in [0.15, 0.2) is 0 Å². The number of ketones is 1. The first kappa shape index (κ1) is 21.2. The topological polar surface area (TPSA) is 66.8 Å². The van der Waals surface area contributed by atoms with Crippen LogP contribution < -0.4 is 9.64 Å². The van der Waals surface area contributed by atoms with E-state index < -0.39 is 17.7 Å². The molecule has 3 aromatic rings. The maximum atomic E-state index is 13.0. The van der Waals surface area contributed by atoms with Gasteiger partial charge in [0.05, 0.1) is 12.2 Å². The fraction of sp³-hybridized carbons (Fsp3) is 0.167. The van der Waals surface area contributed by atoms with E-state index in [9.17, 15) is 14.7 Å². The lowest BCUT2D eigenvalue weighted by Crippen LogP contribution is -2.29. The molecule has 2 aromatic carbocycles. The molecular formula is C24H20ClNO4S. The molecule has 1 aromatic heterocycles. The number of benzene rings is 2. The fourth-order valence-electron chi connectivity index (χ4n) is 3.53. The minimum absolute atomic E-state index is 0.0506. The summed E-state index contributed by atoms with van der Waals surface area (Å²) in [6.07, 6.45) is 0.884. The van der Waals surface area contributed by atoms with Crippen LogP contribution in [0.4, 0.5) is 5.69 Å². The zero-order valence-electron chi connectivity index (χ0n) is 16.7. The fourth-order valence-corrected chi connectivity index (χ4v) is 4.53. The molecule has 1 N–H and O–H groups in total. The van der Waals surface area contributed by atoms with Crippen molar-refractivity contribution in [2.75, 3.05) is 11.5 Å². The molecule has 158 valence electrons. The van der Waals surface area contributed by atoms with Gasteiger partial charge in [-0.3, -0.25) is 14.5 Å². The van der Waals surface area contributed by atoms with E-state index in [1.165, 1.54) is 16.2 Å². The van der Waals surface area contributed by atoms with Crippen LogP contribution in [-0.2, 0) is 9.59 Å². The molecule has 1 aliphatic rings. The number of hydrogen-bond acceptors (Lipinski definition) is 5. The Morgan fingerprint density at radius 3 is 2.55 bits per heavy atom. The molecule has 1 amide bonds. The number of amides is 1. The maximum absolute atomic E-state index is 13.0. The van der Waals surface area contributed by atoms with Crippen LogP contribution in [0.1, 0.15) is 29.8 Å². The van der Waals surface area contributed by atoms with E-state index in [0.717, 1.165) is 11.3 Å². The van der Waals surface area contributed by atoms with Crippen molar-refractivity contribution >= 4 is 46.1 Å². The number of aliphatic hydroxyl groups excluding tert-OH is 1. The quantitative estimate of drug-likeness (QED) is 0.290. The smallest absolute Gasteiger partial charge is 0.300 e. The van der Waals surface area contributed by atoms with Gasteiger partial charge in [0.2, 0.25) is 0 Å². The van der Waals surface area contributed by atoms with Gasteiger partial charge in [0.1, 0.15) is 17.6 Å². The molecule has 5 nitrogen and oxygen atoms in total. The van der Waals surface area contributed by atoms with E-state index in [2.05, 4.69) is 0 Å². The first-order chi connectivity index (χ1) is 15.0. The second-order valence-corrected chi connectivity index (χ2v) is 8.45. The Bertz CT molecular complexity index is 1140. The molecule has 2 heterocycles. The molecule has 0 bridgehead atoms. The first-order valence-electron chi connectivity index (χ1n) is 9.84. The summed E-state index contributed by atoms with van der Waals surface area (Å²) in [5.74, 6) is -0.983. The van der Waals surface area contributed by atoms with Crippen molar-refractivity contribution in [3.63, 3.8) is 0 Å². The van der Waals surface area contributed by atoms with Crippen LogP contribution >= 0.6 is 22.9 Å². The Kier molecular flexibility index (Phi) is 6.11. The molecule has 0 spiro atoms. The molecule has 31 heavy (non-hydrogen) atoms. The minimum atomic E-state index is -0.741. The van der Waals surface area contributed by atoms with Crippen LogP contribution in [0.25, 0.3) is 5.76 Å². The predicted molar refractivity (Wildman–Crippen MR) is 123 cm³/mol. The second-order valence-electron chi connectivity index (χ2n) is 7.04. The van der Waals surface area contributed by atoms with Crippen LogP contribution in [0.15, 0.2) is 71.6 Å². The van der Waals surface area contributed by atoms with Gasteiger partial charge in [-0.1, -0.05) is 30.7 Å². The summed E-state index contributed by atoms with van der Waals surface area (Å²) < 4.78 is 5.58. The second kappa shape index (κ2) is 8.96. The van der Waals surface area contributed by atoms with Gasteiger partial charge in [0.25, 0.3) is 11.7 Å². The molecule has 0 aliphatic carbocycles. The van der Waals surface area contributed by atoms with E-state index in [1.54, 1.807) is 48.5 Å². The number of anilines is 1. The third-order valence-corrected chi connectivity index (χ3v) is 6.10. The Hall–Kier alpha value is -3.09. The van der Waals surface area contributed by atoms with Crippen molar-refractivity contribution in [2.45, 2.75) is 19.4 Å². The van der Waals surface area contributed by atoms with Crippen LogP contribution in [0, 0.1) is 0 Å². The summed E-state index contributed by atoms with van der Waals surface area (Å²) in [7, 11) is 0.